The van der Waals surface area contributed by atoms with Gasteiger partial charge in [-0.15, -0.1) is 0 Å². The van der Waals surface area contributed by atoms with Gasteiger partial charge in [-0.05, 0) is 49.1 Å². The van der Waals surface area contributed by atoms with Crippen molar-refractivity contribution >= 4 is 12.0 Å². The molecule has 1 aliphatic heterocycles. The molecule has 2 heterocycles. The van der Waals surface area contributed by atoms with Crippen LogP contribution in [0.4, 0.5) is 0 Å². The molecule has 5 heteroatoms. The van der Waals surface area contributed by atoms with Gasteiger partial charge in [-0.25, -0.2) is 0 Å². The Morgan fingerprint density at radius 1 is 1.17 bits per heavy atom. The number of hydrogen-bond donors (Lipinski definition) is 0. The predicted molar refractivity (Wildman–Crippen MR) is 118 cm³/mol. The summed E-state index contributed by atoms with van der Waals surface area (Å²) in [5.74, 6) is 0.909. The molecule has 3 aromatic rings. The summed E-state index contributed by atoms with van der Waals surface area (Å²) in [6.07, 6.45) is 9.28. The lowest BCUT2D eigenvalue weighted by molar-refractivity contribution is -0.126. The predicted octanol–water partition coefficient (Wildman–Crippen LogP) is 4.71. The molecule has 1 aromatic heterocycles. The van der Waals surface area contributed by atoms with Gasteiger partial charge in [0.15, 0.2) is 0 Å². The summed E-state index contributed by atoms with van der Waals surface area (Å²) in [6, 6.07) is 18.4. The van der Waals surface area contributed by atoms with Crippen LogP contribution in [0.25, 0.3) is 6.08 Å². The highest BCUT2D eigenvalue weighted by molar-refractivity contribution is 5.92. The number of nitrogens with zero attached hydrogens (tertiary/aromatic N) is 3. The molecule has 1 saturated heterocycles. The summed E-state index contributed by atoms with van der Waals surface area (Å²) in [5.41, 5.74) is 3.28. The minimum absolute atomic E-state index is 0.0437. The van der Waals surface area contributed by atoms with Crippen LogP contribution in [-0.4, -0.2) is 33.7 Å². The van der Waals surface area contributed by atoms with Gasteiger partial charge in [-0.1, -0.05) is 42.5 Å². The van der Waals surface area contributed by atoms with E-state index in [0.717, 1.165) is 36.3 Å². The highest BCUT2D eigenvalue weighted by Crippen LogP contribution is 2.33. The number of amides is 1. The molecule has 1 atom stereocenters. The molecule has 1 aliphatic rings. The average molecular weight is 402 g/mol. The molecule has 0 spiro atoms. The summed E-state index contributed by atoms with van der Waals surface area (Å²) < 4.78 is 7.41. The molecule has 30 heavy (non-hydrogen) atoms. The van der Waals surface area contributed by atoms with Gasteiger partial charge in [0.1, 0.15) is 5.75 Å². The van der Waals surface area contributed by atoms with Gasteiger partial charge in [0.2, 0.25) is 5.91 Å². The van der Waals surface area contributed by atoms with Crippen LogP contribution in [0.5, 0.6) is 5.75 Å². The highest BCUT2D eigenvalue weighted by Gasteiger charge is 2.28. The Labute approximate surface area is 177 Å². The number of likely N-dealkylation sites (tertiary alicyclic amines) is 1. The topological polar surface area (TPSA) is 47.4 Å². The molecule has 0 saturated carbocycles. The number of benzene rings is 2. The smallest absolute Gasteiger partial charge is 0.247 e. The zero-order valence-electron chi connectivity index (χ0n) is 17.3. The Morgan fingerprint density at radius 3 is 2.73 bits per heavy atom. The first-order valence-corrected chi connectivity index (χ1v) is 10.5. The minimum Gasteiger partial charge on any atom is -0.494 e. The van der Waals surface area contributed by atoms with Gasteiger partial charge < -0.3 is 9.64 Å². The van der Waals surface area contributed by atoms with E-state index in [0.29, 0.717) is 13.2 Å². The van der Waals surface area contributed by atoms with Crippen molar-refractivity contribution in [2.75, 3.05) is 13.2 Å². The normalized spacial score (nSPS) is 16.3. The van der Waals surface area contributed by atoms with Gasteiger partial charge in [0, 0.05) is 24.4 Å². The number of hydrogen-bond acceptors (Lipinski definition) is 3. The summed E-state index contributed by atoms with van der Waals surface area (Å²) in [5, 5.41) is 4.40. The Kier molecular flexibility index (Phi) is 6.28. The number of carbonyl (C=O) groups is 1. The van der Waals surface area contributed by atoms with Crippen molar-refractivity contribution in [1.82, 2.24) is 14.7 Å². The second-order valence-corrected chi connectivity index (χ2v) is 7.48. The first-order valence-electron chi connectivity index (χ1n) is 10.5. The van der Waals surface area contributed by atoms with E-state index < -0.39 is 0 Å². The van der Waals surface area contributed by atoms with Crippen molar-refractivity contribution in [2.45, 2.75) is 32.4 Å². The van der Waals surface area contributed by atoms with E-state index in [9.17, 15) is 4.79 Å². The molecule has 0 radical (unpaired) electrons. The Morgan fingerprint density at radius 2 is 1.97 bits per heavy atom. The third kappa shape index (κ3) is 4.79. The summed E-state index contributed by atoms with van der Waals surface area (Å²) >= 11 is 0. The van der Waals surface area contributed by atoms with Gasteiger partial charge in [0.25, 0.3) is 0 Å². The molecule has 0 N–H and O–H groups in total. The first kappa shape index (κ1) is 20.0. The maximum atomic E-state index is 12.9. The van der Waals surface area contributed by atoms with Crippen LogP contribution >= 0.6 is 0 Å². The molecule has 4 rings (SSSR count). The van der Waals surface area contributed by atoms with Gasteiger partial charge in [-0.3, -0.25) is 9.48 Å². The summed E-state index contributed by atoms with van der Waals surface area (Å²) in [6.45, 7) is 4.13. The largest absolute Gasteiger partial charge is 0.494 e. The molecule has 154 valence electrons. The van der Waals surface area contributed by atoms with Crippen molar-refractivity contribution in [3.8, 4) is 5.75 Å². The number of rotatable bonds is 7. The number of aromatic nitrogens is 2. The zero-order chi connectivity index (χ0) is 20.8. The van der Waals surface area contributed by atoms with Gasteiger partial charge >= 0.3 is 0 Å². The lowest BCUT2D eigenvalue weighted by Gasteiger charge is -2.24. The SMILES string of the molecule is CCOc1ccc([C@@H]2CCCN2C(=O)/C=C/c2cnn(Cc3ccccc3)c2)cc1. The second-order valence-electron chi connectivity index (χ2n) is 7.48. The maximum Gasteiger partial charge on any atom is 0.247 e. The standard InChI is InChI=1S/C25H27N3O2/c1-2-30-23-13-11-22(12-14-23)24-9-6-16-28(24)25(29)15-10-21-17-26-27(19-21)18-20-7-4-3-5-8-20/h3-5,7-8,10-15,17,19,24H,2,6,9,16,18H2,1H3/b15-10+/t24-/m0/s1. The molecule has 0 aliphatic carbocycles. The maximum absolute atomic E-state index is 12.9. The van der Waals surface area contributed by atoms with E-state index in [1.165, 1.54) is 5.56 Å². The Balaban J connectivity index is 1.39. The molecule has 1 fully saturated rings. The lowest BCUT2D eigenvalue weighted by Crippen LogP contribution is -2.28. The molecule has 0 unspecified atom stereocenters. The van der Waals surface area contributed by atoms with Crippen LogP contribution < -0.4 is 4.74 Å². The van der Waals surface area contributed by atoms with E-state index in [1.54, 1.807) is 12.3 Å². The molecule has 0 bridgehead atoms. The fourth-order valence-corrected chi connectivity index (χ4v) is 3.92. The average Bonchev–Trinajstić information content (AvgIpc) is 3.43. The van der Waals surface area contributed by atoms with Crippen LogP contribution in [0.1, 0.15) is 42.5 Å². The second kappa shape index (κ2) is 9.44. The number of carbonyl (C=O) groups excluding carboxylic acids is 1. The van der Waals surface area contributed by atoms with Crippen LogP contribution in [0.15, 0.2) is 73.1 Å². The van der Waals surface area contributed by atoms with E-state index in [2.05, 4.69) is 29.4 Å². The number of ether oxygens (including phenoxy) is 1. The third-order valence-electron chi connectivity index (χ3n) is 5.37. The van der Waals surface area contributed by atoms with Crippen LogP contribution in [-0.2, 0) is 11.3 Å². The van der Waals surface area contributed by atoms with Crippen molar-refractivity contribution in [3.05, 3.63) is 89.8 Å². The summed E-state index contributed by atoms with van der Waals surface area (Å²) in [4.78, 5) is 14.8. The molecule has 1 amide bonds. The van der Waals surface area contributed by atoms with Gasteiger partial charge in [0.05, 0.1) is 25.4 Å². The fraction of sp³-hybridized carbons (Fsp3) is 0.280. The minimum atomic E-state index is 0.0437. The zero-order valence-corrected chi connectivity index (χ0v) is 17.3. The van der Waals surface area contributed by atoms with E-state index in [-0.39, 0.29) is 11.9 Å². The van der Waals surface area contributed by atoms with E-state index in [4.69, 9.17) is 4.74 Å². The molecular weight excluding hydrogens is 374 g/mol. The van der Waals surface area contributed by atoms with Gasteiger partial charge in [-0.2, -0.15) is 5.10 Å². The molecule has 5 nitrogen and oxygen atoms in total. The Hall–Kier alpha value is -3.34. The Bertz CT molecular complexity index is 993. The first-order chi connectivity index (χ1) is 14.7. The van der Waals surface area contributed by atoms with E-state index in [1.807, 2.05) is 59.1 Å². The molecule has 2 aromatic carbocycles. The molecular formula is C25H27N3O2. The van der Waals surface area contributed by atoms with Crippen LogP contribution in [0.3, 0.4) is 0 Å². The van der Waals surface area contributed by atoms with Crippen molar-refractivity contribution in [3.63, 3.8) is 0 Å². The quantitative estimate of drug-likeness (QED) is 0.539. The third-order valence-corrected chi connectivity index (χ3v) is 5.37. The summed E-state index contributed by atoms with van der Waals surface area (Å²) in [7, 11) is 0. The van der Waals surface area contributed by atoms with Crippen molar-refractivity contribution < 1.29 is 9.53 Å². The lowest BCUT2D eigenvalue weighted by atomic mass is 10.0. The highest BCUT2D eigenvalue weighted by atomic mass is 16.5. The van der Waals surface area contributed by atoms with Crippen LogP contribution in [0.2, 0.25) is 0 Å². The van der Waals surface area contributed by atoms with Crippen molar-refractivity contribution in [2.24, 2.45) is 0 Å². The van der Waals surface area contributed by atoms with Crippen molar-refractivity contribution in [1.29, 1.82) is 0 Å². The van der Waals surface area contributed by atoms with Crippen LogP contribution in [0, 0.1) is 0 Å². The monoisotopic (exact) mass is 401 g/mol. The van der Waals surface area contributed by atoms with E-state index >= 15 is 0 Å². The fourth-order valence-electron chi connectivity index (χ4n) is 3.92.